The molecule has 0 aromatic carbocycles. The molecule has 0 amide bonds. The van der Waals surface area contributed by atoms with Gasteiger partial charge >= 0.3 is 5.97 Å². The predicted molar refractivity (Wildman–Crippen MR) is 76.0 cm³/mol. The number of rotatable bonds is 6. The van der Waals surface area contributed by atoms with Crippen LogP contribution in [0.3, 0.4) is 0 Å². The topological polar surface area (TPSA) is 46.5 Å². The van der Waals surface area contributed by atoms with Crippen molar-refractivity contribution in [2.45, 2.75) is 39.2 Å². The zero-order valence-electron chi connectivity index (χ0n) is 11.5. The van der Waals surface area contributed by atoms with Crippen LogP contribution in [0.25, 0.3) is 0 Å². The molecule has 0 spiro atoms. The fourth-order valence-corrected chi connectivity index (χ4v) is 0.995. The first-order valence-electron chi connectivity index (χ1n) is 6.31. The highest BCUT2D eigenvalue weighted by molar-refractivity contribution is 5.65. The van der Waals surface area contributed by atoms with Gasteiger partial charge in [-0.15, -0.1) is 0 Å². The van der Waals surface area contributed by atoms with Crippen LogP contribution in [0.1, 0.15) is 33.1 Å². The quantitative estimate of drug-likeness (QED) is 0.345. The summed E-state index contributed by atoms with van der Waals surface area (Å²) in [5.41, 5.74) is 0. The Kier molecular flexibility index (Phi) is 11.2. The van der Waals surface area contributed by atoms with Crippen molar-refractivity contribution >= 4 is 5.97 Å². The number of allylic oxidation sites excluding steroid dienone is 4. The Morgan fingerprint density at radius 1 is 1.37 bits per heavy atom. The van der Waals surface area contributed by atoms with Crippen LogP contribution in [-0.2, 0) is 9.53 Å². The lowest BCUT2D eigenvalue weighted by Crippen LogP contribution is -1.99. The van der Waals surface area contributed by atoms with E-state index in [4.69, 9.17) is 9.84 Å². The summed E-state index contributed by atoms with van der Waals surface area (Å²) >= 11 is 0. The van der Waals surface area contributed by atoms with Crippen molar-refractivity contribution in [2.24, 2.45) is 0 Å². The second kappa shape index (κ2) is 12.5. The number of aliphatic hydroxyl groups is 1. The van der Waals surface area contributed by atoms with Crippen LogP contribution in [0, 0.1) is 23.7 Å². The predicted octanol–water partition coefficient (Wildman–Crippen LogP) is 2.22. The Balaban J connectivity index is 3.70. The number of hydrogen-bond acceptors (Lipinski definition) is 3. The Hall–Kier alpha value is -1.97. The summed E-state index contributed by atoms with van der Waals surface area (Å²) in [6.45, 7) is 3.72. The second-order valence-corrected chi connectivity index (χ2v) is 3.73. The number of hydrogen-bond donors (Lipinski definition) is 1. The minimum Gasteiger partial charge on any atom is -0.466 e. The molecule has 0 saturated heterocycles. The molecule has 102 valence electrons. The number of carbonyl (C=O) groups excluding carboxylic acids is 1. The molecular formula is C16H20O3. The molecule has 0 fully saturated rings. The molecule has 19 heavy (non-hydrogen) atoms. The average Bonchev–Trinajstić information content (AvgIpc) is 2.39. The monoisotopic (exact) mass is 260 g/mol. The molecular weight excluding hydrogens is 240 g/mol. The molecule has 3 heteroatoms. The van der Waals surface area contributed by atoms with Crippen molar-refractivity contribution in [1.82, 2.24) is 0 Å². The number of ether oxygens (including phenoxy) is 1. The van der Waals surface area contributed by atoms with Gasteiger partial charge in [-0.1, -0.05) is 37.0 Å². The highest BCUT2D eigenvalue weighted by Gasteiger charge is 1.89. The SMILES string of the molecule is CCC(O)C#CC#CC=CC=CCCCOC(C)=O. The second-order valence-electron chi connectivity index (χ2n) is 3.73. The summed E-state index contributed by atoms with van der Waals surface area (Å²) in [5, 5.41) is 9.13. The largest absolute Gasteiger partial charge is 0.466 e. The van der Waals surface area contributed by atoms with Crippen LogP contribution >= 0.6 is 0 Å². The Morgan fingerprint density at radius 3 is 2.84 bits per heavy atom. The number of aliphatic hydroxyl groups excluding tert-OH is 1. The maximum atomic E-state index is 10.5. The van der Waals surface area contributed by atoms with Crippen molar-refractivity contribution < 1.29 is 14.6 Å². The van der Waals surface area contributed by atoms with Crippen LogP contribution < -0.4 is 0 Å². The molecule has 0 bridgehead atoms. The molecule has 0 aromatic rings. The molecule has 0 saturated carbocycles. The summed E-state index contributed by atoms with van der Waals surface area (Å²) in [5.74, 6) is 10.3. The van der Waals surface area contributed by atoms with E-state index in [1.54, 1.807) is 6.08 Å². The standard InChI is InChI=1S/C16H20O3/c1-3-16(18)13-11-9-7-5-4-6-8-10-12-14-19-15(2)17/h4-6,8,16,18H,3,10,12,14H2,1-2H3. The molecule has 0 aliphatic carbocycles. The minimum atomic E-state index is -0.588. The summed E-state index contributed by atoms with van der Waals surface area (Å²) in [6, 6.07) is 0. The van der Waals surface area contributed by atoms with Crippen LogP contribution in [0.2, 0.25) is 0 Å². The molecule has 0 aromatic heterocycles. The zero-order valence-corrected chi connectivity index (χ0v) is 11.5. The molecule has 1 N–H and O–H groups in total. The van der Waals surface area contributed by atoms with Crippen LogP contribution in [-0.4, -0.2) is 23.8 Å². The Bertz CT molecular complexity index is 424. The summed E-state index contributed by atoms with van der Waals surface area (Å²) in [7, 11) is 0. The summed E-state index contributed by atoms with van der Waals surface area (Å²) < 4.78 is 4.79. The van der Waals surface area contributed by atoms with E-state index in [2.05, 4.69) is 23.7 Å². The highest BCUT2D eigenvalue weighted by Crippen LogP contribution is 1.92. The summed E-state index contributed by atoms with van der Waals surface area (Å²) in [4.78, 5) is 10.5. The van der Waals surface area contributed by atoms with Gasteiger partial charge in [0.2, 0.25) is 0 Å². The van der Waals surface area contributed by atoms with Gasteiger partial charge in [-0.3, -0.25) is 4.79 Å². The molecule has 1 atom stereocenters. The van der Waals surface area contributed by atoms with Gasteiger partial charge in [0.15, 0.2) is 0 Å². The van der Waals surface area contributed by atoms with Crippen LogP contribution in [0.4, 0.5) is 0 Å². The van der Waals surface area contributed by atoms with E-state index in [-0.39, 0.29) is 5.97 Å². The van der Waals surface area contributed by atoms with Crippen molar-refractivity contribution in [1.29, 1.82) is 0 Å². The maximum Gasteiger partial charge on any atom is 0.302 e. The lowest BCUT2D eigenvalue weighted by molar-refractivity contribution is -0.141. The first kappa shape index (κ1) is 17.0. The van der Waals surface area contributed by atoms with Gasteiger partial charge in [0, 0.05) is 6.92 Å². The van der Waals surface area contributed by atoms with Crippen LogP contribution in [0.15, 0.2) is 24.3 Å². The maximum absolute atomic E-state index is 10.5. The van der Waals surface area contributed by atoms with E-state index < -0.39 is 6.10 Å². The van der Waals surface area contributed by atoms with E-state index >= 15 is 0 Å². The molecule has 1 unspecified atom stereocenters. The zero-order chi connectivity index (χ0) is 14.3. The van der Waals surface area contributed by atoms with Crippen molar-refractivity contribution in [2.75, 3.05) is 6.61 Å². The minimum absolute atomic E-state index is 0.242. The van der Waals surface area contributed by atoms with Crippen LogP contribution in [0.5, 0.6) is 0 Å². The smallest absolute Gasteiger partial charge is 0.302 e. The average molecular weight is 260 g/mol. The van der Waals surface area contributed by atoms with Gasteiger partial charge in [-0.25, -0.2) is 0 Å². The number of esters is 1. The third-order valence-electron chi connectivity index (χ3n) is 2.01. The van der Waals surface area contributed by atoms with Gasteiger partial charge in [0.05, 0.1) is 6.61 Å². The molecule has 0 aliphatic rings. The van der Waals surface area contributed by atoms with E-state index in [0.717, 1.165) is 12.8 Å². The Labute approximate surface area is 115 Å². The van der Waals surface area contributed by atoms with Crippen molar-refractivity contribution in [3.8, 4) is 23.7 Å². The fraction of sp³-hybridized carbons (Fsp3) is 0.438. The van der Waals surface area contributed by atoms with Gasteiger partial charge in [0.25, 0.3) is 0 Å². The van der Waals surface area contributed by atoms with Gasteiger partial charge in [-0.2, -0.15) is 0 Å². The first-order valence-corrected chi connectivity index (χ1v) is 6.31. The van der Waals surface area contributed by atoms with Gasteiger partial charge < -0.3 is 9.84 Å². The molecule has 3 nitrogen and oxygen atoms in total. The van der Waals surface area contributed by atoms with E-state index in [0.29, 0.717) is 13.0 Å². The lowest BCUT2D eigenvalue weighted by Gasteiger charge is -1.97. The third-order valence-corrected chi connectivity index (χ3v) is 2.01. The normalized spacial score (nSPS) is 11.5. The van der Waals surface area contributed by atoms with Crippen molar-refractivity contribution in [3.05, 3.63) is 24.3 Å². The van der Waals surface area contributed by atoms with Gasteiger partial charge in [-0.05, 0) is 37.2 Å². The summed E-state index contributed by atoms with van der Waals surface area (Å²) in [6.07, 6.45) is 9.07. The third kappa shape index (κ3) is 14.0. The fourth-order valence-electron chi connectivity index (χ4n) is 0.995. The number of unbranched alkanes of at least 4 members (excludes halogenated alkanes) is 1. The lowest BCUT2D eigenvalue weighted by atomic mass is 10.3. The van der Waals surface area contributed by atoms with Crippen molar-refractivity contribution in [3.63, 3.8) is 0 Å². The Morgan fingerprint density at radius 2 is 2.16 bits per heavy atom. The molecule has 0 radical (unpaired) electrons. The van der Waals surface area contributed by atoms with E-state index in [9.17, 15) is 4.79 Å². The highest BCUT2D eigenvalue weighted by atomic mass is 16.5. The first-order chi connectivity index (χ1) is 9.16. The van der Waals surface area contributed by atoms with E-state index in [1.165, 1.54) is 6.92 Å². The molecule has 0 rings (SSSR count). The molecule has 0 aliphatic heterocycles. The van der Waals surface area contributed by atoms with Gasteiger partial charge in [0.1, 0.15) is 6.10 Å². The molecule has 0 heterocycles. The number of carbonyl (C=O) groups is 1. The van der Waals surface area contributed by atoms with E-state index in [1.807, 2.05) is 25.2 Å².